The molecule has 0 spiro atoms. The van der Waals surface area contributed by atoms with E-state index in [-0.39, 0.29) is 5.41 Å². The van der Waals surface area contributed by atoms with Crippen LogP contribution in [0, 0.1) is 5.41 Å². The third kappa shape index (κ3) is 1.93. The first-order chi connectivity index (χ1) is 8.51. The summed E-state index contributed by atoms with van der Waals surface area (Å²) in [5, 5.41) is 12.9. The molecule has 0 radical (unpaired) electrons. The molecule has 0 atom stereocenters. The number of rotatable bonds is 3. The Kier molecular flexibility index (Phi) is 3.44. The van der Waals surface area contributed by atoms with Gasteiger partial charge in [0.05, 0.1) is 5.41 Å². The van der Waals surface area contributed by atoms with Gasteiger partial charge < -0.3 is 10.4 Å². The second kappa shape index (κ2) is 4.73. The number of carboxylic acids is 1. The number of hydrogen-bond donors (Lipinski definition) is 2. The van der Waals surface area contributed by atoms with Gasteiger partial charge in [0.1, 0.15) is 0 Å². The van der Waals surface area contributed by atoms with Gasteiger partial charge in [0, 0.05) is 5.41 Å². The Bertz CT molecular complexity index is 419. The Labute approximate surface area is 108 Å². The van der Waals surface area contributed by atoms with Crippen LogP contribution in [0.2, 0.25) is 0 Å². The van der Waals surface area contributed by atoms with Gasteiger partial charge in [-0.15, -0.1) is 0 Å². The molecule has 1 heterocycles. The highest BCUT2D eigenvalue weighted by atomic mass is 16.4. The normalized spacial score (nSPS) is 19.4. The van der Waals surface area contributed by atoms with Crippen LogP contribution < -0.4 is 5.32 Å². The summed E-state index contributed by atoms with van der Waals surface area (Å²) < 4.78 is 0. The second-order valence-corrected chi connectivity index (χ2v) is 5.63. The highest BCUT2D eigenvalue weighted by Crippen LogP contribution is 2.48. The first-order valence-electron chi connectivity index (χ1n) is 6.50. The smallest absolute Gasteiger partial charge is 0.309 e. The molecule has 0 aromatic heterocycles. The summed E-state index contributed by atoms with van der Waals surface area (Å²) in [6.07, 6.45) is 1.74. The van der Waals surface area contributed by atoms with Crippen LogP contribution in [0.5, 0.6) is 0 Å². The van der Waals surface area contributed by atoms with E-state index in [1.807, 2.05) is 32.0 Å². The lowest BCUT2D eigenvalue weighted by Gasteiger charge is -2.47. The maximum atomic E-state index is 11.7. The van der Waals surface area contributed by atoms with Crippen LogP contribution in [0.15, 0.2) is 30.3 Å². The van der Waals surface area contributed by atoms with Gasteiger partial charge in [-0.05, 0) is 45.3 Å². The zero-order valence-corrected chi connectivity index (χ0v) is 11.1. The minimum Gasteiger partial charge on any atom is -0.481 e. The molecule has 1 aromatic rings. The lowest BCUT2D eigenvalue weighted by atomic mass is 9.57. The van der Waals surface area contributed by atoms with Gasteiger partial charge in [-0.3, -0.25) is 4.79 Å². The van der Waals surface area contributed by atoms with Crippen LogP contribution in [-0.4, -0.2) is 24.2 Å². The number of carboxylic acid groups (broad SMARTS) is 1. The zero-order valence-electron chi connectivity index (χ0n) is 11.1. The largest absolute Gasteiger partial charge is 0.481 e. The van der Waals surface area contributed by atoms with Crippen molar-refractivity contribution in [3.8, 4) is 0 Å². The van der Waals surface area contributed by atoms with Crippen LogP contribution in [0.1, 0.15) is 32.3 Å². The number of benzene rings is 1. The topological polar surface area (TPSA) is 49.3 Å². The Morgan fingerprint density at radius 2 is 1.78 bits per heavy atom. The van der Waals surface area contributed by atoms with E-state index in [9.17, 15) is 9.90 Å². The molecule has 18 heavy (non-hydrogen) atoms. The molecule has 0 bridgehead atoms. The molecule has 2 rings (SSSR count). The lowest BCUT2D eigenvalue weighted by Crippen LogP contribution is -2.52. The Morgan fingerprint density at radius 3 is 2.28 bits per heavy atom. The van der Waals surface area contributed by atoms with Crippen LogP contribution in [-0.2, 0) is 10.2 Å². The Hall–Kier alpha value is -1.35. The fraction of sp³-hybridized carbons (Fsp3) is 0.533. The molecule has 0 unspecified atom stereocenters. The maximum absolute atomic E-state index is 11.7. The molecule has 1 aliphatic heterocycles. The highest BCUT2D eigenvalue weighted by molar-refractivity contribution is 5.76. The first kappa shape index (κ1) is 13.1. The van der Waals surface area contributed by atoms with Crippen molar-refractivity contribution >= 4 is 5.97 Å². The van der Waals surface area contributed by atoms with E-state index >= 15 is 0 Å². The van der Waals surface area contributed by atoms with Gasteiger partial charge in [-0.25, -0.2) is 0 Å². The summed E-state index contributed by atoms with van der Waals surface area (Å²) in [6, 6.07) is 10.1. The minimum absolute atomic E-state index is 0.272. The lowest BCUT2D eigenvalue weighted by molar-refractivity contribution is -0.152. The van der Waals surface area contributed by atoms with Crippen molar-refractivity contribution in [2.75, 3.05) is 13.1 Å². The SMILES string of the molecule is CC(C)(C(=O)O)C1(c2ccccc2)CCNCC1. The van der Waals surface area contributed by atoms with E-state index in [4.69, 9.17) is 0 Å². The predicted octanol–water partition coefficient (Wildman–Crippen LogP) is 2.42. The molecule has 3 nitrogen and oxygen atoms in total. The van der Waals surface area contributed by atoms with Gasteiger partial charge in [0.25, 0.3) is 0 Å². The molecule has 98 valence electrons. The van der Waals surface area contributed by atoms with E-state index in [0.29, 0.717) is 0 Å². The van der Waals surface area contributed by atoms with E-state index in [0.717, 1.165) is 31.5 Å². The fourth-order valence-electron chi connectivity index (χ4n) is 3.09. The van der Waals surface area contributed by atoms with Crippen molar-refractivity contribution in [3.63, 3.8) is 0 Å². The molecular weight excluding hydrogens is 226 g/mol. The van der Waals surface area contributed by atoms with E-state index in [1.165, 1.54) is 0 Å². The molecule has 2 N–H and O–H groups in total. The Morgan fingerprint density at radius 1 is 1.22 bits per heavy atom. The van der Waals surface area contributed by atoms with Gasteiger partial charge in [0.15, 0.2) is 0 Å². The molecule has 3 heteroatoms. The summed E-state index contributed by atoms with van der Waals surface area (Å²) in [6.45, 7) is 5.47. The molecule has 0 amide bonds. The standard InChI is InChI=1S/C15H21NO2/c1-14(2,13(17)18)15(8-10-16-11-9-15)12-6-4-3-5-7-12/h3-7,16H,8-11H2,1-2H3,(H,17,18). The Balaban J connectivity index is 2.51. The van der Waals surface area contributed by atoms with Crippen LogP contribution in [0.3, 0.4) is 0 Å². The van der Waals surface area contributed by atoms with Crippen molar-refractivity contribution in [1.29, 1.82) is 0 Å². The fourth-order valence-corrected chi connectivity index (χ4v) is 3.09. The van der Waals surface area contributed by atoms with E-state index in [2.05, 4.69) is 17.4 Å². The van der Waals surface area contributed by atoms with Crippen molar-refractivity contribution in [1.82, 2.24) is 5.32 Å². The maximum Gasteiger partial charge on any atom is 0.309 e. The summed E-state index contributed by atoms with van der Waals surface area (Å²) in [5.74, 6) is -0.715. The van der Waals surface area contributed by atoms with Crippen LogP contribution in [0.25, 0.3) is 0 Å². The molecule has 0 aliphatic carbocycles. The summed E-state index contributed by atoms with van der Waals surface area (Å²) in [7, 11) is 0. The first-order valence-corrected chi connectivity index (χ1v) is 6.50. The van der Waals surface area contributed by atoms with Gasteiger partial charge in [0.2, 0.25) is 0 Å². The molecule has 1 fully saturated rings. The third-order valence-corrected chi connectivity index (χ3v) is 4.51. The minimum atomic E-state index is -0.754. The summed E-state index contributed by atoms with van der Waals surface area (Å²) in [5.41, 5.74) is 0.126. The quantitative estimate of drug-likeness (QED) is 0.862. The number of hydrogen-bond acceptors (Lipinski definition) is 2. The van der Waals surface area contributed by atoms with Crippen LogP contribution in [0.4, 0.5) is 0 Å². The van der Waals surface area contributed by atoms with E-state index < -0.39 is 11.4 Å². The number of aliphatic carboxylic acids is 1. The average Bonchev–Trinajstić information content (AvgIpc) is 2.40. The zero-order chi connectivity index (χ0) is 13.2. The van der Waals surface area contributed by atoms with Crippen molar-refractivity contribution in [3.05, 3.63) is 35.9 Å². The monoisotopic (exact) mass is 247 g/mol. The van der Waals surface area contributed by atoms with Crippen molar-refractivity contribution in [2.45, 2.75) is 32.1 Å². The van der Waals surface area contributed by atoms with Gasteiger partial charge >= 0.3 is 5.97 Å². The van der Waals surface area contributed by atoms with Crippen molar-refractivity contribution < 1.29 is 9.90 Å². The van der Waals surface area contributed by atoms with Gasteiger partial charge in [-0.1, -0.05) is 30.3 Å². The molecule has 1 saturated heterocycles. The van der Waals surface area contributed by atoms with Crippen LogP contribution >= 0.6 is 0 Å². The van der Waals surface area contributed by atoms with E-state index in [1.54, 1.807) is 0 Å². The molecule has 0 saturated carbocycles. The highest BCUT2D eigenvalue weighted by Gasteiger charge is 2.51. The van der Waals surface area contributed by atoms with Gasteiger partial charge in [-0.2, -0.15) is 0 Å². The summed E-state index contributed by atoms with van der Waals surface area (Å²) in [4.78, 5) is 11.7. The average molecular weight is 247 g/mol. The summed E-state index contributed by atoms with van der Waals surface area (Å²) >= 11 is 0. The predicted molar refractivity (Wildman–Crippen MR) is 71.6 cm³/mol. The molecule has 1 aromatic carbocycles. The number of carbonyl (C=O) groups is 1. The third-order valence-electron chi connectivity index (χ3n) is 4.51. The molecular formula is C15H21NO2. The number of nitrogens with one attached hydrogen (secondary N) is 1. The molecule has 1 aliphatic rings. The van der Waals surface area contributed by atoms with Crippen molar-refractivity contribution in [2.24, 2.45) is 5.41 Å². The second-order valence-electron chi connectivity index (χ2n) is 5.63. The number of piperidine rings is 1.